The largest absolute Gasteiger partial charge is 0.497 e. The molecule has 0 saturated carbocycles. The highest BCUT2D eigenvalue weighted by atomic mass is 16.7. The maximum Gasteiger partial charge on any atom is 0.157 e. The molecule has 0 aromatic heterocycles. The molecule has 1 fully saturated rings. The highest BCUT2D eigenvalue weighted by Crippen LogP contribution is 2.15. The van der Waals surface area contributed by atoms with Gasteiger partial charge in [-0.05, 0) is 37.0 Å². The molecule has 1 unspecified atom stereocenters. The summed E-state index contributed by atoms with van der Waals surface area (Å²) in [6.45, 7) is 5.59. The molecule has 0 aliphatic carbocycles. The third kappa shape index (κ3) is 5.50. The fraction of sp³-hybridized carbons (Fsp3) is 0.529. The quantitative estimate of drug-likeness (QED) is 0.689. The van der Waals surface area contributed by atoms with E-state index in [0.29, 0.717) is 13.2 Å². The lowest BCUT2D eigenvalue weighted by molar-refractivity contribution is -0.176. The summed E-state index contributed by atoms with van der Waals surface area (Å²) < 4.78 is 22.2. The van der Waals surface area contributed by atoms with Crippen LogP contribution in [0.4, 0.5) is 0 Å². The van der Waals surface area contributed by atoms with Crippen LogP contribution in [0.1, 0.15) is 24.8 Å². The van der Waals surface area contributed by atoms with Crippen LogP contribution in [0.3, 0.4) is 0 Å². The van der Waals surface area contributed by atoms with Crippen molar-refractivity contribution in [3.63, 3.8) is 0 Å². The predicted octanol–water partition coefficient (Wildman–Crippen LogP) is 3.31. The third-order valence-corrected chi connectivity index (χ3v) is 3.47. The van der Waals surface area contributed by atoms with Crippen molar-refractivity contribution in [3.05, 3.63) is 42.5 Å². The van der Waals surface area contributed by atoms with Gasteiger partial charge in [-0.15, -0.1) is 6.58 Å². The van der Waals surface area contributed by atoms with Gasteiger partial charge in [-0.25, -0.2) is 0 Å². The van der Waals surface area contributed by atoms with Gasteiger partial charge in [0.15, 0.2) is 6.29 Å². The summed E-state index contributed by atoms with van der Waals surface area (Å²) in [5.41, 5.74) is 1.09. The van der Waals surface area contributed by atoms with E-state index in [1.807, 2.05) is 24.3 Å². The number of hydrogen-bond donors (Lipinski definition) is 0. The van der Waals surface area contributed by atoms with E-state index in [1.165, 1.54) is 0 Å². The van der Waals surface area contributed by atoms with Crippen molar-refractivity contribution in [1.29, 1.82) is 0 Å². The van der Waals surface area contributed by atoms with Crippen LogP contribution >= 0.6 is 0 Å². The lowest BCUT2D eigenvalue weighted by atomic mass is 10.2. The summed E-state index contributed by atoms with van der Waals surface area (Å²) in [5, 5.41) is 0. The molecule has 2 atom stereocenters. The second kappa shape index (κ2) is 8.82. The molecule has 2 rings (SSSR count). The lowest BCUT2D eigenvalue weighted by Crippen LogP contribution is -2.27. The smallest absolute Gasteiger partial charge is 0.157 e. The molecule has 1 aliphatic rings. The summed E-state index contributed by atoms with van der Waals surface area (Å²) in [5.74, 6) is 0.844. The van der Waals surface area contributed by atoms with E-state index in [0.717, 1.165) is 37.2 Å². The summed E-state index contributed by atoms with van der Waals surface area (Å²) in [4.78, 5) is 0. The predicted molar refractivity (Wildman–Crippen MR) is 81.3 cm³/mol. The van der Waals surface area contributed by atoms with Crippen molar-refractivity contribution in [2.24, 2.45) is 0 Å². The molecule has 0 bridgehead atoms. The van der Waals surface area contributed by atoms with Crippen LogP contribution in [0.25, 0.3) is 0 Å². The highest BCUT2D eigenvalue weighted by Gasteiger charge is 2.16. The van der Waals surface area contributed by atoms with Gasteiger partial charge < -0.3 is 18.9 Å². The maximum atomic E-state index is 5.80. The monoisotopic (exact) mass is 292 g/mol. The fourth-order valence-electron chi connectivity index (χ4n) is 2.15. The number of ether oxygens (including phenoxy) is 4. The van der Waals surface area contributed by atoms with Crippen molar-refractivity contribution in [2.45, 2.75) is 38.3 Å². The van der Waals surface area contributed by atoms with Crippen molar-refractivity contribution in [3.8, 4) is 5.75 Å². The van der Waals surface area contributed by atoms with Gasteiger partial charge in [-0.1, -0.05) is 18.2 Å². The summed E-state index contributed by atoms with van der Waals surface area (Å²) in [6, 6.07) is 7.83. The number of rotatable bonds is 8. The van der Waals surface area contributed by atoms with Crippen LogP contribution < -0.4 is 4.74 Å². The average Bonchev–Trinajstić information content (AvgIpc) is 2.56. The minimum atomic E-state index is -0.127. The minimum absolute atomic E-state index is 0.0919. The molecule has 1 saturated heterocycles. The van der Waals surface area contributed by atoms with Crippen molar-refractivity contribution in [1.82, 2.24) is 0 Å². The number of methoxy groups -OCH3 is 1. The van der Waals surface area contributed by atoms with E-state index in [1.54, 1.807) is 13.2 Å². The molecule has 1 aliphatic heterocycles. The number of benzene rings is 1. The molecule has 1 aromatic carbocycles. The van der Waals surface area contributed by atoms with E-state index in [-0.39, 0.29) is 12.4 Å². The first-order chi connectivity index (χ1) is 10.3. The Morgan fingerprint density at radius 2 is 2.14 bits per heavy atom. The van der Waals surface area contributed by atoms with Crippen LogP contribution in [0, 0.1) is 0 Å². The molecule has 0 radical (unpaired) electrons. The molecule has 4 nitrogen and oxygen atoms in total. The van der Waals surface area contributed by atoms with Gasteiger partial charge in [0.1, 0.15) is 5.75 Å². The standard InChI is InChI=1S/C17H24O4/c1-3-15(13-21-17-6-4-5-11-19-17)20-12-14-7-9-16(18-2)10-8-14/h3,7-10,15,17H,1,4-6,11-13H2,2H3/t15-,17?/m1/s1. The van der Waals surface area contributed by atoms with Crippen LogP contribution in [-0.2, 0) is 20.8 Å². The molecular formula is C17H24O4. The Hall–Kier alpha value is -1.36. The summed E-state index contributed by atoms with van der Waals surface area (Å²) in [7, 11) is 1.66. The Balaban J connectivity index is 1.72. The second-order valence-corrected chi connectivity index (χ2v) is 5.06. The Bertz CT molecular complexity index is 409. The molecule has 1 heterocycles. The Kier molecular flexibility index (Phi) is 6.73. The SMILES string of the molecule is C=C[C@H](COC1CCCCO1)OCc1ccc(OC)cc1. The summed E-state index contributed by atoms with van der Waals surface area (Å²) >= 11 is 0. The van der Waals surface area contributed by atoms with Crippen molar-refractivity contribution in [2.75, 3.05) is 20.3 Å². The molecule has 0 N–H and O–H groups in total. The zero-order valence-corrected chi connectivity index (χ0v) is 12.6. The molecule has 1 aromatic rings. The van der Waals surface area contributed by atoms with Crippen LogP contribution in [0.5, 0.6) is 5.75 Å². The highest BCUT2D eigenvalue weighted by molar-refractivity contribution is 5.26. The van der Waals surface area contributed by atoms with E-state index >= 15 is 0 Å². The Labute approximate surface area is 126 Å². The van der Waals surface area contributed by atoms with Crippen LogP contribution in [0.15, 0.2) is 36.9 Å². The van der Waals surface area contributed by atoms with Crippen molar-refractivity contribution < 1.29 is 18.9 Å². The molecule has 116 valence electrons. The van der Waals surface area contributed by atoms with E-state index < -0.39 is 0 Å². The molecule has 0 spiro atoms. The first kappa shape index (κ1) is 16.0. The molecular weight excluding hydrogens is 268 g/mol. The Morgan fingerprint density at radius 3 is 2.76 bits per heavy atom. The molecule has 21 heavy (non-hydrogen) atoms. The average molecular weight is 292 g/mol. The second-order valence-electron chi connectivity index (χ2n) is 5.06. The third-order valence-electron chi connectivity index (χ3n) is 3.47. The van der Waals surface area contributed by atoms with E-state index in [2.05, 4.69) is 6.58 Å². The Morgan fingerprint density at radius 1 is 1.33 bits per heavy atom. The van der Waals surface area contributed by atoms with Gasteiger partial charge in [0.2, 0.25) is 0 Å². The van der Waals surface area contributed by atoms with Crippen LogP contribution in [-0.4, -0.2) is 32.7 Å². The van der Waals surface area contributed by atoms with Gasteiger partial charge in [0, 0.05) is 6.61 Å². The normalized spacial score (nSPS) is 20.0. The molecule has 0 amide bonds. The van der Waals surface area contributed by atoms with Crippen molar-refractivity contribution >= 4 is 0 Å². The van der Waals surface area contributed by atoms with Crippen LogP contribution in [0.2, 0.25) is 0 Å². The summed E-state index contributed by atoms with van der Waals surface area (Å²) in [6.07, 6.45) is 4.80. The van der Waals surface area contributed by atoms with Gasteiger partial charge in [0.25, 0.3) is 0 Å². The zero-order chi connectivity index (χ0) is 14.9. The van der Waals surface area contributed by atoms with E-state index in [4.69, 9.17) is 18.9 Å². The minimum Gasteiger partial charge on any atom is -0.497 e. The first-order valence-corrected chi connectivity index (χ1v) is 7.42. The first-order valence-electron chi connectivity index (χ1n) is 7.42. The number of hydrogen-bond acceptors (Lipinski definition) is 4. The topological polar surface area (TPSA) is 36.9 Å². The van der Waals surface area contributed by atoms with Gasteiger partial charge in [-0.2, -0.15) is 0 Å². The fourth-order valence-corrected chi connectivity index (χ4v) is 2.15. The van der Waals surface area contributed by atoms with Gasteiger partial charge in [0.05, 0.1) is 26.4 Å². The lowest BCUT2D eigenvalue weighted by Gasteiger charge is -2.24. The zero-order valence-electron chi connectivity index (χ0n) is 12.6. The molecule has 4 heteroatoms. The van der Waals surface area contributed by atoms with E-state index in [9.17, 15) is 0 Å². The van der Waals surface area contributed by atoms with Gasteiger partial charge >= 0.3 is 0 Å². The maximum absolute atomic E-state index is 5.80. The van der Waals surface area contributed by atoms with Gasteiger partial charge in [-0.3, -0.25) is 0 Å².